The number of Topliss-reactive ketones (excluding diaryl/α,β-unsaturated/α-hetero) is 1. The van der Waals surface area contributed by atoms with E-state index >= 15 is 0 Å². The van der Waals surface area contributed by atoms with Crippen molar-refractivity contribution >= 4 is 5.78 Å². The minimum absolute atomic E-state index is 0.241. The van der Waals surface area contributed by atoms with Gasteiger partial charge in [-0.1, -0.05) is 12.5 Å². The van der Waals surface area contributed by atoms with Gasteiger partial charge in [0.25, 0.3) is 0 Å². The normalized spacial score (nSPS) is 38.8. The lowest BCUT2D eigenvalue weighted by Crippen LogP contribution is -2.25. The first-order valence-corrected chi connectivity index (χ1v) is 7.83. The predicted octanol–water partition coefficient (Wildman–Crippen LogP) is 3.48. The SMILES string of the molecule is CC(C)=C1C[C@@H]2[C@@H](CCC3(C)OCCO3)[C@]2(C)CC1=O. The van der Waals surface area contributed by atoms with Gasteiger partial charge in [0, 0.05) is 12.8 Å². The smallest absolute Gasteiger partial charge is 0.165 e. The summed E-state index contributed by atoms with van der Waals surface area (Å²) in [6, 6.07) is 0. The van der Waals surface area contributed by atoms with Crippen LogP contribution in [0.4, 0.5) is 0 Å². The molecule has 0 unspecified atom stereocenters. The van der Waals surface area contributed by atoms with Crippen LogP contribution in [0.5, 0.6) is 0 Å². The second-order valence-corrected chi connectivity index (χ2v) is 7.37. The van der Waals surface area contributed by atoms with Crippen molar-refractivity contribution in [2.75, 3.05) is 13.2 Å². The van der Waals surface area contributed by atoms with Gasteiger partial charge in [0.1, 0.15) is 0 Å². The highest BCUT2D eigenvalue weighted by Crippen LogP contribution is 2.68. The molecule has 3 aliphatic rings. The average molecular weight is 278 g/mol. The van der Waals surface area contributed by atoms with Gasteiger partial charge in [0.15, 0.2) is 11.6 Å². The van der Waals surface area contributed by atoms with E-state index in [1.807, 2.05) is 6.92 Å². The molecule has 0 aromatic rings. The van der Waals surface area contributed by atoms with E-state index in [0.717, 1.165) is 31.3 Å². The molecule has 2 aliphatic carbocycles. The molecule has 0 aromatic heterocycles. The lowest BCUT2D eigenvalue weighted by atomic mass is 9.84. The molecule has 1 aliphatic heterocycles. The maximum Gasteiger partial charge on any atom is 0.165 e. The molecule has 1 saturated heterocycles. The molecule has 0 N–H and O–H groups in total. The van der Waals surface area contributed by atoms with E-state index in [-0.39, 0.29) is 11.2 Å². The number of hydrogen-bond donors (Lipinski definition) is 0. The third-order valence-electron chi connectivity index (χ3n) is 5.78. The second kappa shape index (κ2) is 4.67. The average Bonchev–Trinajstić information content (AvgIpc) is 2.69. The van der Waals surface area contributed by atoms with Crippen LogP contribution in [0, 0.1) is 17.3 Å². The van der Waals surface area contributed by atoms with Crippen molar-refractivity contribution in [2.24, 2.45) is 17.3 Å². The highest BCUT2D eigenvalue weighted by Gasteiger charge is 2.63. The molecule has 3 nitrogen and oxygen atoms in total. The summed E-state index contributed by atoms with van der Waals surface area (Å²) >= 11 is 0. The molecule has 112 valence electrons. The Morgan fingerprint density at radius 1 is 1.25 bits per heavy atom. The highest BCUT2D eigenvalue weighted by molar-refractivity contribution is 5.98. The van der Waals surface area contributed by atoms with Crippen molar-refractivity contribution in [2.45, 2.75) is 59.2 Å². The quantitative estimate of drug-likeness (QED) is 0.741. The van der Waals surface area contributed by atoms with Crippen molar-refractivity contribution in [3.05, 3.63) is 11.1 Å². The third kappa shape index (κ3) is 2.25. The molecule has 3 heteroatoms. The van der Waals surface area contributed by atoms with Crippen LogP contribution >= 0.6 is 0 Å². The zero-order chi connectivity index (χ0) is 14.5. The maximum atomic E-state index is 12.2. The van der Waals surface area contributed by atoms with Crippen LogP contribution in [0.15, 0.2) is 11.1 Å². The molecule has 3 fully saturated rings. The standard InChI is InChI=1S/C17H26O3/c1-11(2)12-9-14-13(16(14,3)10-15(12)18)5-6-17(4)19-7-8-20-17/h13-14H,5-10H2,1-4H3/t13-,14-,16+/m1/s1. The Morgan fingerprint density at radius 3 is 2.50 bits per heavy atom. The first kappa shape index (κ1) is 14.3. The van der Waals surface area contributed by atoms with E-state index in [4.69, 9.17) is 9.47 Å². The van der Waals surface area contributed by atoms with Crippen LogP contribution in [0.1, 0.15) is 53.4 Å². The van der Waals surface area contributed by atoms with E-state index in [1.54, 1.807) is 0 Å². The Kier molecular flexibility index (Phi) is 3.33. The molecule has 2 saturated carbocycles. The molecule has 0 aromatic carbocycles. The number of ketones is 1. The Morgan fingerprint density at radius 2 is 1.90 bits per heavy atom. The van der Waals surface area contributed by atoms with Crippen LogP contribution in [-0.2, 0) is 14.3 Å². The Hall–Kier alpha value is -0.670. The summed E-state index contributed by atoms with van der Waals surface area (Å²) in [7, 11) is 0. The van der Waals surface area contributed by atoms with Gasteiger partial charge in [-0.25, -0.2) is 0 Å². The van der Waals surface area contributed by atoms with Gasteiger partial charge in [-0.2, -0.15) is 0 Å². The second-order valence-electron chi connectivity index (χ2n) is 7.37. The summed E-state index contributed by atoms with van der Waals surface area (Å²) in [5.74, 6) is 1.35. The summed E-state index contributed by atoms with van der Waals surface area (Å²) in [5.41, 5.74) is 2.54. The maximum absolute atomic E-state index is 12.2. The first-order chi connectivity index (χ1) is 9.36. The van der Waals surface area contributed by atoms with Gasteiger partial charge in [0.05, 0.1) is 13.2 Å². The van der Waals surface area contributed by atoms with Crippen LogP contribution < -0.4 is 0 Å². The van der Waals surface area contributed by atoms with Gasteiger partial charge in [-0.05, 0) is 56.4 Å². The molecular weight excluding hydrogens is 252 g/mol. The lowest BCUT2D eigenvalue weighted by molar-refractivity contribution is -0.148. The number of allylic oxidation sites excluding steroid dienone is 2. The monoisotopic (exact) mass is 278 g/mol. The summed E-state index contributed by atoms with van der Waals surface area (Å²) < 4.78 is 11.4. The number of carbonyl (C=O) groups excluding carboxylic acids is 1. The largest absolute Gasteiger partial charge is 0.348 e. The van der Waals surface area contributed by atoms with Gasteiger partial charge >= 0.3 is 0 Å². The van der Waals surface area contributed by atoms with Crippen LogP contribution in [0.2, 0.25) is 0 Å². The first-order valence-electron chi connectivity index (χ1n) is 7.83. The predicted molar refractivity (Wildman–Crippen MR) is 77.2 cm³/mol. The Bertz CT molecular complexity index is 455. The van der Waals surface area contributed by atoms with Crippen molar-refractivity contribution in [1.82, 2.24) is 0 Å². The van der Waals surface area contributed by atoms with Crippen molar-refractivity contribution < 1.29 is 14.3 Å². The zero-order valence-electron chi connectivity index (χ0n) is 13.1. The summed E-state index contributed by atoms with van der Waals surface area (Å²) in [5, 5.41) is 0. The number of hydrogen-bond acceptors (Lipinski definition) is 3. The molecule has 20 heavy (non-hydrogen) atoms. The van der Waals surface area contributed by atoms with Gasteiger partial charge < -0.3 is 9.47 Å². The van der Waals surface area contributed by atoms with Crippen LogP contribution in [0.25, 0.3) is 0 Å². The minimum atomic E-state index is -0.383. The van der Waals surface area contributed by atoms with E-state index < -0.39 is 0 Å². The molecule has 0 amide bonds. The van der Waals surface area contributed by atoms with Crippen molar-refractivity contribution in [3.8, 4) is 0 Å². The fourth-order valence-electron chi connectivity index (χ4n) is 4.32. The number of rotatable bonds is 3. The zero-order valence-corrected chi connectivity index (χ0v) is 13.1. The molecule has 0 spiro atoms. The highest BCUT2D eigenvalue weighted by atomic mass is 16.7. The van der Waals surface area contributed by atoms with Gasteiger partial charge in [-0.15, -0.1) is 0 Å². The molecule has 0 bridgehead atoms. The Labute approximate surface area is 121 Å². The minimum Gasteiger partial charge on any atom is -0.348 e. The number of ether oxygens (including phenoxy) is 2. The summed E-state index contributed by atoms with van der Waals surface area (Å²) in [6.07, 6.45) is 3.78. The summed E-state index contributed by atoms with van der Waals surface area (Å²) in [6.45, 7) is 9.88. The fourth-order valence-corrected chi connectivity index (χ4v) is 4.32. The van der Waals surface area contributed by atoms with Crippen LogP contribution in [-0.4, -0.2) is 24.8 Å². The molecule has 3 atom stereocenters. The van der Waals surface area contributed by atoms with Gasteiger partial charge in [-0.3, -0.25) is 4.79 Å². The van der Waals surface area contributed by atoms with Crippen molar-refractivity contribution in [3.63, 3.8) is 0 Å². The molecule has 0 radical (unpaired) electrons. The molecule has 3 rings (SSSR count). The van der Waals surface area contributed by atoms with E-state index in [1.165, 1.54) is 5.57 Å². The number of fused-ring (bicyclic) bond motifs is 1. The fraction of sp³-hybridized carbons (Fsp3) is 0.824. The van der Waals surface area contributed by atoms with Crippen LogP contribution in [0.3, 0.4) is 0 Å². The van der Waals surface area contributed by atoms with E-state index in [2.05, 4.69) is 20.8 Å². The Balaban J connectivity index is 1.63. The molecular formula is C17H26O3. The third-order valence-corrected chi connectivity index (χ3v) is 5.78. The van der Waals surface area contributed by atoms with Gasteiger partial charge in [0.2, 0.25) is 0 Å². The number of carbonyl (C=O) groups is 1. The summed E-state index contributed by atoms with van der Waals surface area (Å²) in [4.78, 5) is 12.2. The molecule has 1 heterocycles. The lowest BCUT2D eigenvalue weighted by Gasteiger charge is -2.22. The van der Waals surface area contributed by atoms with E-state index in [9.17, 15) is 4.79 Å². The van der Waals surface area contributed by atoms with Crippen molar-refractivity contribution in [1.29, 1.82) is 0 Å². The van der Waals surface area contributed by atoms with E-state index in [0.29, 0.717) is 30.8 Å². The topological polar surface area (TPSA) is 35.5 Å².